The van der Waals surface area contributed by atoms with Crippen molar-refractivity contribution >= 4 is 34.8 Å². The third-order valence-electron chi connectivity index (χ3n) is 5.21. The molecule has 2 atom stereocenters. The number of hydrogen-bond acceptors (Lipinski definition) is 4. The van der Waals surface area contributed by atoms with Gasteiger partial charge in [-0.3, -0.25) is 4.79 Å². The summed E-state index contributed by atoms with van der Waals surface area (Å²) in [5.74, 6) is -1.26. The van der Waals surface area contributed by atoms with Gasteiger partial charge in [-0.2, -0.15) is 0 Å². The van der Waals surface area contributed by atoms with Gasteiger partial charge in [-0.15, -0.1) is 23.7 Å². The van der Waals surface area contributed by atoms with Gasteiger partial charge in [0.05, 0.1) is 0 Å². The van der Waals surface area contributed by atoms with Crippen LogP contribution in [0.1, 0.15) is 42.5 Å². The highest BCUT2D eigenvalue weighted by molar-refractivity contribution is 7.15. The number of halogens is 3. The van der Waals surface area contributed by atoms with Crippen molar-refractivity contribution in [1.29, 1.82) is 0 Å². The minimum Gasteiger partial charge on any atom is -0.311 e. The lowest BCUT2D eigenvalue weighted by atomic mass is 9.89. The molecule has 146 valence electrons. The van der Waals surface area contributed by atoms with Crippen LogP contribution in [0.2, 0.25) is 0 Å². The van der Waals surface area contributed by atoms with E-state index in [0.717, 1.165) is 23.8 Å². The summed E-state index contributed by atoms with van der Waals surface area (Å²) in [6, 6.07) is 5.03. The van der Waals surface area contributed by atoms with Gasteiger partial charge in [0.2, 0.25) is 5.91 Å². The van der Waals surface area contributed by atoms with Crippen LogP contribution < -0.4 is 10.6 Å². The number of nitrogens with one attached hydrogen (secondary N) is 2. The van der Waals surface area contributed by atoms with Gasteiger partial charge in [0, 0.05) is 36.0 Å². The van der Waals surface area contributed by atoms with Gasteiger partial charge in [0.15, 0.2) is 16.8 Å². The molecule has 2 N–H and O–H groups in total. The van der Waals surface area contributed by atoms with Gasteiger partial charge in [0.1, 0.15) is 0 Å². The number of nitrogens with zero attached hydrogens (tertiary/aromatic N) is 1. The Morgan fingerprint density at radius 2 is 1.96 bits per heavy atom. The van der Waals surface area contributed by atoms with E-state index in [1.165, 1.54) is 30.2 Å². The van der Waals surface area contributed by atoms with E-state index in [2.05, 4.69) is 15.6 Å². The molecule has 3 heterocycles. The molecule has 1 amide bonds. The number of carbonyl (C=O) groups is 1. The predicted molar refractivity (Wildman–Crippen MR) is 104 cm³/mol. The molecule has 0 saturated carbocycles. The summed E-state index contributed by atoms with van der Waals surface area (Å²) >= 11 is 1.37. The minimum atomic E-state index is -0.850. The van der Waals surface area contributed by atoms with Gasteiger partial charge in [-0.05, 0) is 49.3 Å². The third-order valence-corrected chi connectivity index (χ3v) is 6.12. The number of anilines is 1. The second-order valence-electron chi connectivity index (χ2n) is 7.28. The first-order valence-corrected chi connectivity index (χ1v) is 9.81. The van der Waals surface area contributed by atoms with Gasteiger partial charge in [0.25, 0.3) is 0 Å². The number of fused-ring (bicyclic) bond motifs is 2. The summed E-state index contributed by atoms with van der Waals surface area (Å²) in [5, 5.41) is 7.02. The van der Waals surface area contributed by atoms with E-state index in [-0.39, 0.29) is 18.3 Å². The van der Waals surface area contributed by atoms with Crippen molar-refractivity contribution in [3.05, 3.63) is 46.5 Å². The van der Waals surface area contributed by atoms with Crippen molar-refractivity contribution in [3.63, 3.8) is 0 Å². The van der Waals surface area contributed by atoms with Crippen LogP contribution in [-0.2, 0) is 11.2 Å². The number of thiazole rings is 1. The van der Waals surface area contributed by atoms with Crippen molar-refractivity contribution in [1.82, 2.24) is 10.3 Å². The van der Waals surface area contributed by atoms with Gasteiger partial charge in [-0.25, -0.2) is 13.8 Å². The number of aromatic nitrogens is 1. The molecule has 27 heavy (non-hydrogen) atoms. The maximum atomic E-state index is 13.3. The standard InChI is InChI=1S/C19H21F2N3OS.ClH/c20-16-4-1-11(8-17(16)21)7-15-10-22-19(26-15)24-18(25)9-12-5-13-2-3-14(6-12)23-13;/h1,4,8,10,12-14,23H,2-3,5-7,9H2,(H,22,24,25);1H. The Labute approximate surface area is 167 Å². The summed E-state index contributed by atoms with van der Waals surface area (Å²) in [6.07, 6.45) is 7.26. The molecular weight excluding hydrogens is 392 g/mol. The third kappa shape index (κ3) is 5.03. The van der Waals surface area contributed by atoms with Crippen molar-refractivity contribution < 1.29 is 13.6 Å². The smallest absolute Gasteiger partial charge is 0.226 e. The lowest BCUT2D eigenvalue weighted by Gasteiger charge is -2.28. The summed E-state index contributed by atoms with van der Waals surface area (Å²) in [4.78, 5) is 17.4. The van der Waals surface area contributed by atoms with E-state index >= 15 is 0 Å². The van der Waals surface area contributed by atoms with Crippen LogP contribution in [0.5, 0.6) is 0 Å². The molecule has 2 saturated heterocycles. The van der Waals surface area contributed by atoms with Gasteiger partial charge in [-0.1, -0.05) is 6.07 Å². The maximum Gasteiger partial charge on any atom is 0.226 e. The first-order chi connectivity index (χ1) is 12.5. The Kier molecular flexibility index (Phi) is 6.44. The molecule has 1 aromatic carbocycles. The zero-order chi connectivity index (χ0) is 18.1. The van der Waals surface area contributed by atoms with Gasteiger partial charge >= 0.3 is 0 Å². The van der Waals surface area contributed by atoms with E-state index in [9.17, 15) is 13.6 Å². The molecule has 4 nitrogen and oxygen atoms in total. The molecular formula is C19H22ClF2N3OS. The number of carbonyl (C=O) groups excluding carboxylic acids is 1. The Morgan fingerprint density at radius 1 is 1.22 bits per heavy atom. The molecule has 2 unspecified atom stereocenters. The largest absolute Gasteiger partial charge is 0.311 e. The van der Waals surface area contributed by atoms with Crippen LogP contribution in [0.15, 0.2) is 24.4 Å². The number of amides is 1. The van der Waals surface area contributed by atoms with Gasteiger partial charge < -0.3 is 10.6 Å². The molecule has 1 aromatic heterocycles. The first kappa shape index (κ1) is 20.2. The Morgan fingerprint density at radius 3 is 2.67 bits per heavy atom. The fourth-order valence-corrected chi connectivity index (χ4v) is 4.93. The average Bonchev–Trinajstić information content (AvgIpc) is 3.17. The minimum absolute atomic E-state index is 0. The van der Waals surface area contributed by atoms with Crippen LogP contribution in [-0.4, -0.2) is 23.0 Å². The Bertz CT molecular complexity index is 804. The van der Waals surface area contributed by atoms with Crippen LogP contribution in [0.3, 0.4) is 0 Å². The topological polar surface area (TPSA) is 54.0 Å². The van der Waals surface area contributed by atoms with E-state index in [0.29, 0.717) is 41.5 Å². The predicted octanol–water partition coefficient (Wildman–Crippen LogP) is 4.29. The quantitative estimate of drug-likeness (QED) is 0.768. The van der Waals surface area contributed by atoms with Crippen molar-refractivity contribution in [2.75, 3.05) is 5.32 Å². The highest BCUT2D eigenvalue weighted by atomic mass is 35.5. The Balaban J connectivity index is 0.00000210. The first-order valence-electron chi connectivity index (χ1n) is 8.99. The van der Waals surface area contributed by atoms with Crippen LogP contribution in [0.4, 0.5) is 13.9 Å². The van der Waals surface area contributed by atoms with E-state index < -0.39 is 11.6 Å². The summed E-state index contributed by atoms with van der Waals surface area (Å²) in [6.45, 7) is 0. The maximum absolute atomic E-state index is 13.3. The number of hydrogen-bond donors (Lipinski definition) is 2. The number of piperidine rings is 1. The second-order valence-corrected chi connectivity index (χ2v) is 8.40. The zero-order valence-electron chi connectivity index (χ0n) is 14.7. The molecule has 4 rings (SSSR count). The summed E-state index contributed by atoms with van der Waals surface area (Å²) < 4.78 is 26.3. The molecule has 8 heteroatoms. The molecule has 2 aliphatic rings. The second kappa shape index (κ2) is 8.63. The summed E-state index contributed by atoms with van der Waals surface area (Å²) in [7, 11) is 0. The summed E-state index contributed by atoms with van der Waals surface area (Å²) in [5.41, 5.74) is 0.676. The fourth-order valence-electron chi connectivity index (χ4n) is 4.07. The highest BCUT2D eigenvalue weighted by Crippen LogP contribution is 2.33. The van der Waals surface area contributed by atoms with E-state index in [1.807, 2.05) is 0 Å². The van der Waals surface area contributed by atoms with E-state index in [1.54, 1.807) is 12.3 Å². The number of rotatable bonds is 5. The van der Waals surface area contributed by atoms with Crippen LogP contribution in [0.25, 0.3) is 0 Å². The fraction of sp³-hybridized carbons (Fsp3) is 0.474. The number of benzene rings is 1. The normalized spacial score (nSPS) is 23.7. The van der Waals surface area contributed by atoms with Crippen molar-refractivity contribution in [2.24, 2.45) is 5.92 Å². The molecule has 2 aliphatic heterocycles. The molecule has 0 spiro atoms. The zero-order valence-corrected chi connectivity index (χ0v) is 16.3. The lowest BCUT2D eigenvalue weighted by molar-refractivity contribution is -0.117. The average molecular weight is 414 g/mol. The van der Waals surface area contributed by atoms with Crippen LogP contribution >= 0.6 is 23.7 Å². The molecule has 2 bridgehead atoms. The van der Waals surface area contributed by atoms with Crippen LogP contribution in [0, 0.1) is 17.6 Å². The molecule has 0 aliphatic carbocycles. The molecule has 2 fully saturated rings. The SMILES string of the molecule is Cl.O=C(CC1CC2CCC(C1)N2)Nc1ncc(Cc2ccc(F)c(F)c2)s1. The Hall–Kier alpha value is -1.57. The molecule has 0 radical (unpaired) electrons. The van der Waals surface area contributed by atoms with Crippen molar-refractivity contribution in [3.8, 4) is 0 Å². The monoisotopic (exact) mass is 413 g/mol. The molecule has 2 aromatic rings. The van der Waals surface area contributed by atoms with Crippen molar-refractivity contribution in [2.45, 2.75) is 50.6 Å². The lowest BCUT2D eigenvalue weighted by Crippen LogP contribution is -2.39. The van der Waals surface area contributed by atoms with E-state index in [4.69, 9.17) is 0 Å². The highest BCUT2D eigenvalue weighted by Gasteiger charge is 2.34.